The van der Waals surface area contributed by atoms with Gasteiger partial charge in [0.2, 0.25) is 5.91 Å². The first-order valence-electron chi connectivity index (χ1n) is 9.59. The number of nitrogens with zero attached hydrogens (tertiary/aromatic N) is 1. The molecule has 2 saturated carbocycles. The van der Waals surface area contributed by atoms with Gasteiger partial charge < -0.3 is 10.4 Å². The van der Waals surface area contributed by atoms with E-state index in [2.05, 4.69) is 5.32 Å². The van der Waals surface area contributed by atoms with Gasteiger partial charge in [-0.25, -0.2) is 0 Å². The third kappa shape index (κ3) is 5.70. The van der Waals surface area contributed by atoms with Gasteiger partial charge in [0.1, 0.15) is 0 Å². The first kappa shape index (κ1) is 20.6. The van der Waals surface area contributed by atoms with E-state index in [9.17, 15) is 22.8 Å². The van der Waals surface area contributed by atoms with Crippen molar-refractivity contribution in [3.63, 3.8) is 0 Å². The van der Waals surface area contributed by atoms with Crippen LogP contribution in [-0.2, 0) is 9.59 Å². The Morgan fingerprint density at radius 2 is 1.82 bits per heavy atom. The topological polar surface area (TPSA) is 69.6 Å². The number of hydrogen-bond acceptors (Lipinski definition) is 3. The van der Waals surface area contributed by atoms with Crippen LogP contribution in [0.5, 0.6) is 0 Å². The Morgan fingerprint density at radius 1 is 1.18 bits per heavy atom. The Balaban J connectivity index is 1.50. The van der Waals surface area contributed by atoms with Gasteiger partial charge in [-0.15, -0.1) is 0 Å². The zero-order valence-corrected chi connectivity index (χ0v) is 15.5. The van der Waals surface area contributed by atoms with Crippen LogP contribution in [0.15, 0.2) is 30.3 Å². The van der Waals surface area contributed by atoms with Crippen molar-refractivity contribution in [3.05, 3.63) is 35.9 Å². The highest BCUT2D eigenvalue weighted by molar-refractivity contribution is 5.77. The molecule has 3 rings (SSSR count). The van der Waals surface area contributed by atoms with Gasteiger partial charge in [0.15, 0.2) is 0 Å². The maximum absolute atomic E-state index is 13.4. The Bertz CT molecular complexity index is 686. The van der Waals surface area contributed by atoms with E-state index in [4.69, 9.17) is 5.11 Å². The fourth-order valence-electron chi connectivity index (χ4n) is 3.73. The number of amides is 1. The van der Waals surface area contributed by atoms with Crippen LogP contribution in [0.3, 0.4) is 0 Å². The molecule has 154 valence electrons. The lowest BCUT2D eigenvalue weighted by molar-refractivity contribution is -0.157. The van der Waals surface area contributed by atoms with Crippen molar-refractivity contribution < 1.29 is 27.9 Å². The summed E-state index contributed by atoms with van der Waals surface area (Å²) in [6, 6.07) is 7.32. The zero-order chi connectivity index (χ0) is 20.3. The third-order valence-electron chi connectivity index (χ3n) is 5.51. The molecule has 0 aliphatic heterocycles. The lowest BCUT2D eigenvalue weighted by atomic mass is 9.84. The fraction of sp³-hybridized carbons (Fsp3) is 0.600. The molecule has 0 heterocycles. The van der Waals surface area contributed by atoms with Gasteiger partial charge >= 0.3 is 12.1 Å². The molecule has 8 heteroatoms. The SMILES string of the molecule is O=C(O)CN(CC1CC1)C1CC(NC(=O)CC(c2ccccc2)C(F)(F)F)C1. The van der Waals surface area contributed by atoms with Crippen molar-refractivity contribution >= 4 is 11.9 Å². The number of halogens is 3. The fourth-order valence-corrected chi connectivity index (χ4v) is 3.73. The van der Waals surface area contributed by atoms with Gasteiger partial charge in [0.25, 0.3) is 0 Å². The van der Waals surface area contributed by atoms with Crippen LogP contribution in [0, 0.1) is 5.92 Å². The van der Waals surface area contributed by atoms with E-state index in [0.29, 0.717) is 18.8 Å². The summed E-state index contributed by atoms with van der Waals surface area (Å²) in [7, 11) is 0. The van der Waals surface area contributed by atoms with Crippen molar-refractivity contribution in [3.8, 4) is 0 Å². The van der Waals surface area contributed by atoms with Crippen LogP contribution in [-0.4, -0.2) is 53.2 Å². The molecule has 1 amide bonds. The van der Waals surface area contributed by atoms with Crippen LogP contribution < -0.4 is 5.32 Å². The summed E-state index contributed by atoms with van der Waals surface area (Å²) in [5.74, 6) is -2.79. The highest BCUT2D eigenvalue weighted by atomic mass is 19.4. The molecule has 5 nitrogen and oxygen atoms in total. The minimum atomic E-state index is -4.50. The van der Waals surface area contributed by atoms with Gasteiger partial charge in [-0.3, -0.25) is 14.5 Å². The van der Waals surface area contributed by atoms with Gasteiger partial charge in [-0.1, -0.05) is 30.3 Å². The molecule has 2 fully saturated rings. The molecular weight excluding hydrogens is 373 g/mol. The molecule has 2 aliphatic carbocycles. The summed E-state index contributed by atoms with van der Waals surface area (Å²) in [6.07, 6.45) is -1.76. The largest absolute Gasteiger partial charge is 0.480 e. The zero-order valence-electron chi connectivity index (χ0n) is 15.5. The molecule has 0 spiro atoms. The molecule has 1 aromatic carbocycles. The van der Waals surface area contributed by atoms with E-state index in [0.717, 1.165) is 19.4 Å². The molecule has 0 aromatic heterocycles. The van der Waals surface area contributed by atoms with Gasteiger partial charge in [0, 0.05) is 25.0 Å². The molecule has 28 heavy (non-hydrogen) atoms. The molecule has 0 bridgehead atoms. The smallest absolute Gasteiger partial charge is 0.396 e. The number of alkyl halides is 3. The lowest BCUT2D eigenvalue weighted by Crippen LogP contribution is -2.55. The standard InChI is InChI=1S/C20H25F3N2O3/c21-20(22,23)17(14-4-2-1-3-5-14)10-18(26)24-15-8-16(9-15)25(12-19(27)28)11-13-6-7-13/h1-5,13,15-17H,6-12H2,(H,24,26)(H,27,28). The molecular formula is C20H25F3N2O3. The van der Waals surface area contributed by atoms with Crippen LogP contribution in [0.2, 0.25) is 0 Å². The first-order chi connectivity index (χ1) is 13.2. The summed E-state index contributed by atoms with van der Waals surface area (Å²) < 4.78 is 40.1. The van der Waals surface area contributed by atoms with Crippen LogP contribution in [0.1, 0.15) is 43.6 Å². The van der Waals surface area contributed by atoms with E-state index in [1.54, 1.807) is 6.07 Å². The average Bonchev–Trinajstić information content (AvgIpc) is 3.38. The minimum Gasteiger partial charge on any atom is -0.480 e. The van der Waals surface area contributed by atoms with Crippen molar-refractivity contribution in [1.29, 1.82) is 0 Å². The molecule has 1 unspecified atom stereocenters. The summed E-state index contributed by atoms with van der Waals surface area (Å²) in [4.78, 5) is 25.2. The lowest BCUT2D eigenvalue weighted by Gasteiger charge is -2.43. The normalized spacial score (nSPS) is 23.1. The highest BCUT2D eigenvalue weighted by Crippen LogP contribution is 2.38. The molecule has 0 radical (unpaired) electrons. The van der Waals surface area contributed by atoms with Gasteiger partial charge in [-0.05, 0) is 37.2 Å². The van der Waals surface area contributed by atoms with Crippen molar-refractivity contribution in [2.24, 2.45) is 5.92 Å². The summed E-state index contributed by atoms with van der Waals surface area (Å²) in [5.41, 5.74) is 0.0775. The molecule has 1 aromatic rings. The number of carbonyl (C=O) groups excluding carboxylic acids is 1. The number of carboxylic acid groups (broad SMARTS) is 1. The number of nitrogens with one attached hydrogen (secondary N) is 1. The third-order valence-corrected chi connectivity index (χ3v) is 5.51. The predicted molar refractivity (Wildman–Crippen MR) is 96.7 cm³/mol. The van der Waals surface area contributed by atoms with Crippen molar-refractivity contribution in [2.45, 2.75) is 56.3 Å². The van der Waals surface area contributed by atoms with Crippen molar-refractivity contribution in [2.75, 3.05) is 13.1 Å². The second-order valence-corrected chi connectivity index (χ2v) is 7.87. The second kappa shape index (κ2) is 8.51. The molecule has 0 saturated heterocycles. The summed E-state index contributed by atoms with van der Waals surface area (Å²) >= 11 is 0. The Morgan fingerprint density at radius 3 is 2.36 bits per heavy atom. The van der Waals surface area contributed by atoms with E-state index in [-0.39, 0.29) is 24.2 Å². The van der Waals surface area contributed by atoms with Crippen LogP contribution in [0.25, 0.3) is 0 Å². The average molecular weight is 398 g/mol. The molecule has 2 N–H and O–H groups in total. The molecule has 2 aliphatic rings. The van der Waals surface area contributed by atoms with E-state index in [1.807, 2.05) is 4.90 Å². The Labute approximate surface area is 161 Å². The summed E-state index contributed by atoms with van der Waals surface area (Å²) in [6.45, 7) is 0.702. The number of benzene rings is 1. The van der Waals surface area contributed by atoms with Crippen LogP contribution >= 0.6 is 0 Å². The monoisotopic (exact) mass is 398 g/mol. The number of carbonyl (C=O) groups is 2. The summed E-state index contributed by atoms with van der Waals surface area (Å²) in [5, 5.41) is 11.7. The van der Waals surface area contributed by atoms with E-state index < -0.39 is 30.4 Å². The number of aliphatic carboxylic acids is 1. The highest BCUT2D eigenvalue weighted by Gasteiger charge is 2.43. The maximum atomic E-state index is 13.4. The van der Waals surface area contributed by atoms with Crippen LogP contribution in [0.4, 0.5) is 13.2 Å². The van der Waals surface area contributed by atoms with Gasteiger partial charge in [0.05, 0.1) is 12.5 Å². The van der Waals surface area contributed by atoms with Gasteiger partial charge in [-0.2, -0.15) is 13.2 Å². The van der Waals surface area contributed by atoms with Crippen molar-refractivity contribution in [1.82, 2.24) is 10.2 Å². The Hall–Kier alpha value is -2.09. The molecule has 1 atom stereocenters. The van der Waals surface area contributed by atoms with E-state index >= 15 is 0 Å². The maximum Gasteiger partial charge on any atom is 0.396 e. The number of hydrogen-bond donors (Lipinski definition) is 2. The Kier molecular flexibility index (Phi) is 6.27. The minimum absolute atomic E-state index is 0.0357. The predicted octanol–water partition coefficient (Wildman–Crippen LogP) is 3.17. The number of rotatable bonds is 9. The number of carboxylic acids is 1. The first-order valence-corrected chi connectivity index (χ1v) is 9.59. The van der Waals surface area contributed by atoms with E-state index in [1.165, 1.54) is 24.3 Å². The quantitative estimate of drug-likeness (QED) is 0.671. The second-order valence-electron chi connectivity index (χ2n) is 7.87.